The molecule has 6 heteroatoms. The van der Waals surface area contributed by atoms with Crippen molar-refractivity contribution in [1.82, 2.24) is 9.38 Å². The molecule has 1 aromatic carbocycles. The van der Waals surface area contributed by atoms with E-state index in [4.69, 9.17) is 10.00 Å². The minimum Gasteiger partial charge on any atom is -0.480 e. The molecule has 100 valence electrons. The molecule has 5 nitrogen and oxygen atoms in total. The monoisotopic (exact) mass is 284 g/mol. The highest BCUT2D eigenvalue weighted by molar-refractivity contribution is 7.15. The van der Waals surface area contributed by atoms with Crippen molar-refractivity contribution in [3.8, 4) is 11.9 Å². The smallest absolute Gasteiger partial charge is 0.238 e. The number of nitrogens with zero attached hydrogens (tertiary/aromatic N) is 3. The summed E-state index contributed by atoms with van der Waals surface area (Å²) in [6.07, 6.45) is 1.97. The number of rotatable bonds is 4. The van der Waals surface area contributed by atoms with Crippen LogP contribution in [0.15, 0.2) is 35.8 Å². The Morgan fingerprint density at radius 1 is 1.50 bits per heavy atom. The number of ether oxygens (including phenoxy) is 1. The lowest BCUT2D eigenvalue weighted by atomic mass is 10.2. The molecule has 0 aliphatic carbocycles. The zero-order valence-corrected chi connectivity index (χ0v) is 11.6. The van der Waals surface area contributed by atoms with E-state index in [0.717, 1.165) is 16.3 Å². The summed E-state index contributed by atoms with van der Waals surface area (Å²) in [7, 11) is 1.62. The van der Waals surface area contributed by atoms with Gasteiger partial charge in [0.05, 0.1) is 25.3 Å². The van der Waals surface area contributed by atoms with Gasteiger partial charge >= 0.3 is 0 Å². The minimum atomic E-state index is 0.579. The van der Waals surface area contributed by atoms with Gasteiger partial charge in [0.15, 0.2) is 4.96 Å². The number of aromatic nitrogens is 2. The number of benzene rings is 1. The molecule has 1 N–H and O–H groups in total. The fourth-order valence-electron chi connectivity index (χ4n) is 2.02. The SMILES string of the molecule is COc1nc2sccn2c1CNc1cccc(C#N)c1. The Kier molecular flexibility index (Phi) is 3.27. The van der Waals surface area contributed by atoms with Gasteiger partial charge in [0, 0.05) is 17.3 Å². The standard InChI is InChI=1S/C14H12N4OS/c1-19-13-12(18-5-6-20-14(18)17-13)9-16-11-4-2-3-10(7-11)8-15/h2-7,16H,9H2,1H3. The quantitative estimate of drug-likeness (QED) is 0.800. The number of nitrogens with one attached hydrogen (secondary N) is 1. The highest BCUT2D eigenvalue weighted by Gasteiger charge is 2.13. The molecular formula is C14H12N4OS. The lowest BCUT2D eigenvalue weighted by Crippen LogP contribution is -2.03. The third-order valence-electron chi connectivity index (χ3n) is 2.97. The predicted octanol–water partition coefficient (Wildman–Crippen LogP) is 2.89. The zero-order chi connectivity index (χ0) is 13.9. The van der Waals surface area contributed by atoms with E-state index in [2.05, 4.69) is 16.4 Å². The molecule has 3 aromatic rings. The van der Waals surface area contributed by atoms with Gasteiger partial charge < -0.3 is 10.1 Å². The molecule has 0 spiro atoms. The molecule has 0 radical (unpaired) electrons. The first-order valence-electron chi connectivity index (χ1n) is 6.04. The van der Waals surface area contributed by atoms with Gasteiger partial charge in [-0.25, -0.2) is 0 Å². The van der Waals surface area contributed by atoms with Crippen molar-refractivity contribution in [3.63, 3.8) is 0 Å². The van der Waals surface area contributed by atoms with Gasteiger partial charge in [-0.1, -0.05) is 6.07 Å². The molecule has 3 rings (SSSR count). The number of nitriles is 1. The van der Waals surface area contributed by atoms with E-state index in [-0.39, 0.29) is 0 Å². The third-order valence-corrected chi connectivity index (χ3v) is 3.73. The maximum Gasteiger partial charge on any atom is 0.238 e. The van der Waals surface area contributed by atoms with Crippen LogP contribution in [0.3, 0.4) is 0 Å². The van der Waals surface area contributed by atoms with E-state index in [9.17, 15) is 0 Å². The summed E-state index contributed by atoms with van der Waals surface area (Å²) < 4.78 is 7.31. The summed E-state index contributed by atoms with van der Waals surface area (Å²) in [4.78, 5) is 5.31. The molecule has 2 heterocycles. The van der Waals surface area contributed by atoms with E-state index < -0.39 is 0 Å². The van der Waals surface area contributed by atoms with E-state index in [1.54, 1.807) is 24.5 Å². The fourth-order valence-corrected chi connectivity index (χ4v) is 2.75. The highest BCUT2D eigenvalue weighted by Crippen LogP contribution is 2.24. The molecule has 0 aliphatic rings. The van der Waals surface area contributed by atoms with Crippen LogP contribution in [0.4, 0.5) is 5.69 Å². The van der Waals surface area contributed by atoms with Crippen molar-refractivity contribution in [2.24, 2.45) is 0 Å². The lowest BCUT2D eigenvalue weighted by Gasteiger charge is -2.07. The zero-order valence-electron chi connectivity index (χ0n) is 10.8. The van der Waals surface area contributed by atoms with Gasteiger partial charge in [0.1, 0.15) is 5.69 Å². The largest absolute Gasteiger partial charge is 0.480 e. The average Bonchev–Trinajstić information content (AvgIpc) is 3.06. The van der Waals surface area contributed by atoms with Gasteiger partial charge in [-0.3, -0.25) is 4.40 Å². The highest BCUT2D eigenvalue weighted by atomic mass is 32.1. The van der Waals surface area contributed by atoms with Gasteiger partial charge in [0.25, 0.3) is 0 Å². The Balaban J connectivity index is 1.86. The van der Waals surface area contributed by atoms with E-state index in [1.165, 1.54) is 0 Å². The molecule has 0 fully saturated rings. The maximum atomic E-state index is 8.90. The van der Waals surface area contributed by atoms with E-state index in [1.807, 2.05) is 34.2 Å². The number of imidazole rings is 1. The lowest BCUT2D eigenvalue weighted by molar-refractivity contribution is 0.395. The number of fused-ring (bicyclic) bond motifs is 1. The summed E-state index contributed by atoms with van der Waals surface area (Å²) in [5.41, 5.74) is 2.50. The average molecular weight is 284 g/mol. The van der Waals surface area contributed by atoms with Crippen LogP contribution < -0.4 is 10.1 Å². The predicted molar refractivity (Wildman–Crippen MR) is 78.1 cm³/mol. The topological polar surface area (TPSA) is 62.4 Å². The molecule has 0 amide bonds. The van der Waals surface area contributed by atoms with Crippen LogP contribution in [-0.4, -0.2) is 16.5 Å². The second-order valence-electron chi connectivity index (χ2n) is 4.17. The Morgan fingerprint density at radius 2 is 2.40 bits per heavy atom. The number of hydrogen-bond donors (Lipinski definition) is 1. The van der Waals surface area contributed by atoms with Crippen molar-refractivity contribution in [3.05, 3.63) is 47.1 Å². The summed E-state index contributed by atoms with van der Waals surface area (Å²) in [5, 5.41) is 14.2. The first kappa shape index (κ1) is 12.5. The molecule has 2 aromatic heterocycles. The van der Waals surface area contributed by atoms with Crippen molar-refractivity contribution in [2.75, 3.05) is 12.4 Å². The van der Waals surface area contributed by atoms with Crippen LogP contribution in [-0.2, 0) is 6.54 Å². The number of thiazole rings is 1. The molecular weight excluding hydrogens is 272 g/mol. The first-order chi connectivity index (χ1) is 9.81. The van der Waals surface area contributed by atoms with Crippen molar-refractivity contribution in [1.29, 1.82) is 5.26 Å². The van der Waals surface area contributed by atoms with Crippen LogP contribution in [0.1, 0.15) is 11.3 Å². The summed E-state index contributed by atoms with van der Waals surface area (Å²) in [6.45, 7) is 0.579. The first-order valence-corrected chi connectivity index (χ1v) is 6.92. The third kappa shape index (κ3) is 2.19. The van der Waals surface area contributed by atoms with Crippen LogP contribution in [0.5, 0.6) is 5.88 Å². The fraction of sp³-hybridized carbons (Fsp3) is 0.143. The minimum absolute atomic E-state index is 0.579. The van der Waals surface area contributed by atoms with Gasteiger partial charge in [0.2, 0.25) is 5.88 Å². The normalized spacial score (nSPS) is 10.4. The Morgan fingerprint density at radius 3 is 3.20 bits per heavy atom. The summed E-state index contributed by atoms with van der Waals surface area (Å²) in [6, 6.07) is 9.51. The van der Waals surface area contributed by atoms with Gasteiger partial charge in [-0.15, -0.1) is 11.3 Å². The molecule has 0 bridgehead atoms. The van der Waals surface area contributed by atoms with E-state index in [0.29, 0.717) is 18.0 Å². The second kappa shape index (κ2) is 5.23. The number of anilines is 1. The molecule has 0 saturated heterocycles. The number of methoxy groups -OCH3 is 1. The van der Waals surface area contributed by atoms with Gasteiger partial charge in [-0.05, 0) is 18.2 Å². The Bertz CT molecular complexity index is 784. The summed E-state index contributed by atoms with van der Waals surface area (Å²) in [5.74, 6) is 0.626. The molecule has 0 aliphatic heterocycles. The van der Waals surface area contributed by atoms with Crippen LogP contribution in [0.25, 0.3) is 4.96 Å². The van der Waals surface area contributed by atoms with Crippen molar-refractivity contribution in [2.45, 2.75) is 6.54 Å². The van der Waals surface area contributed by atoms with Crippen LogP contribution >= 0.6 is 11.3 Å². The van der Waals surface area contributed by atoms with Crippen molar-refractivity contribution < 1.29 is 4.74 Å². The molecule has 0 atom stereocenters. The van der Waals surface area contributed by atoms with Gasteiger partial charge in [-0.2, -0.15) is 10.2 Å². The van der Waals surface area contributed by atoms with Crippen LogP contribution in [0.2, 0.25) is 0 Å². The Labute approximate surface area is 120 Å². The molecule has 0 saturated carbocycles. The molecule has 20 heavy (non-hydrogen) atoms. The Hall–Kier alpha value is -2.52. The van der Waals surface area contributed by atoms with Crippen molar-refractivity contribution >= 4 is 22.0 Å². The number of hydrogen-bond acceptors (Lipinski definition) is 5. The second-order valence-corrected chi connectivity index (χ2v) is 5.04. The summed E-state index contributed by atoms with van der Waals surface area (Å²) >= 11 is 1.57. The van der Waals surface area contributed by atoms with Crippen LogP contribution in [0, 0.1) is 11.3 Å². The molecule has 0 unspecified atom stereocenters. The maximum absolute atomic E-state index is 8.90. The van der Waals surface area contributed by atoms with E-state index >= 15 is 0 Å².